The highest BCUT2D eigenvalue weighted by molar-refractivity contribution is 7.89. The number of likely N-dealkylation sites (N-methyl/N-ethyl adjacent to an activating group) is 1. The molecule has 0 spiro atoms. The molecule has 0 unspecified atom stereocenters. The summed E-state index contributed by atoms with van der Waals surface area (Å²) in [6, 6.07) is 11.8. The number of carbonyl (C=O) groups is 1. The Labute approximate surface area is 134 Å². The average Bonchev–Trinajstić information content (AvgIpc) is 2.54. The van der Waals surface area contributed by atoms with Crippen LogP contribution in [0.5, 0.6) is 0 Å². The molecule has 1 aromatic heterocycles. The number of fused-ring (bicyclic) bond motifs is 1. The molecule has 0 aliphatic carbocycles. The van der Waals surface area contributed by atoms with E-state index >= 15 is 0 Å². The molecule has 0 saturated heterocycles. The summed E-state index contributed by atoms with van der Waals surface area (Å²) < 4.78 is 26.2. The minimum Gasteiger partial charge on any atom is -0.305 e. The molecule has 0 atom stereocenters. The van der Waals surface area contributed by atoms with Crippen LogP contribution in [0.15, 0.2) is 59.3 Å². The van der Waals surface area contributed by atoms with E-state index in [9.17, 15) is 13.2 Å². The predicted molar refractivity (Wildman–Crippen MR) is 86.9 cm³/mol. The van der Waals surface area contributed by atoms with Crippen molar-refractivity contribution in [3.63, 3.8) is 0 Å². The predicted octanol–water partition coefficient (Wildman–Crippen LogP) is 2.09. The number of benzene rings is 1. The van der Waals surface area contributed by atoms with Gasteiger partial charge >= 0.3 is 0 Å². The minimum absolute atomic E-state index is 0.0920. The number of carbonyl (C=O) groups excluding carboxylic acids is 1. The number of hydrogen-bond donors (Lipinski definition) is 1. The van der Waals surface area contributed by atoms with Crippen molar-refractivity contribution in [1.82, 2.24) is 9.29 Å². The molecule has 1 aromatic carbocycles. The maximum atomic E-state index is 12.6. The fourth-order valence-corrected chi connectivity index (χ4v) is 4.06. The maximum absolute atomic E-state index is 12.6. The van der Waals surface area contributed by atoms with Gasteiger partial charge in [-0.15, -0.1) is 0 Å². The first kappa shape index (κ1) is 15.2. The second-order valence-electron chi connectivity index (χ2n) is 5.11. The molecule has 2 aromatic rings. The zero-order valence-electron chi connectivity index (χ0n) is 12.6. The molecule has 1 aliphatic rings. The molecule has 0 bridgehead atoms. The van der Waals surface area contributed by atoms with Crippen molar-refractivity contribution in [3.8, 4) is 0 Å². The molecule has 23 heavy (non-hydrogen) atoms. The molecule has 2 heterocycles. The van der Waals surface area contributed by atoms with Crippen LogP contribution in [-0.4, -0.2) is 30.7 Å². The summed E-state index contributed by atoms with van der Waals surface area (Å²) in [6.07, 6.45) is 1.55. The van der Waals surface area contributed by atoms with Gasteiger partial charge in [0.2, 0.25) is 0 Å². The molecule has 1 N–H and O–H groups in total. The SMILES string of the molecule is CC1=C(C(=O)Nc2ccccn2)N(C)S(=O)(=O)c2ccccc21. The van der Waals surface area contributed by atoms with Crippen LogP contribution in [0.1, 0.15) is 12.5 Å². The fraction of sp³-hybridized carbons (Fsp3) is 0.125. The summed E-state index contributed by atoms with van der Waals surface area (Å²) in [4.78, 5) is 16.8. The van der Waals surface area contributed by atoms with E-state index < -0.39 is 15.9 Å². The molecule has 1 aliphatic heterocycles. The lowest BCUT2D eigenvalue weighted by molar-refractivity contribution is -0.113. The number of amides is 1. The third-order valence-electron chi connectivity index (χ3n) is 3.72. The third-order valence-corrected chi connectivity index (χ3v) is 5.54. The van der Waals surface area contributed by atoms with Crippen LogP contribution in [-0.2, 0) is 14.8 Å². The summed E-state index contributed by atoms with van der Waals surface area (Å²) in [5.41, 5.74) is 1.23. The molecule has 0 fully saturated rings. The van der Waals surface area contributed by atoms with E-state index in [-0.39, 0.29) is 10.6 Å². The van der Waals surface area contributed by atoms with E-state index in [1.807, 2.05) is 0 Å². The first-order valence-electron chi connectivity index (χ1n) is 6.94. The lowest BCUT2D eigenvalue weighted by atomic mass is 10.0. The number of nitrogens with zero attached hydrogens (tertiary/aromatic N) is 2. The highest BCUT2D eigenvalue weighted by atomic mass is 32.2. The molecular formula is C16H15N3O3S. The van der Waals surface area contributed by atoms with Crippen molar-refractivity contribution < 1.29 is 13.2 Å². The number of aromatic nitrogens is 1. The third kappa shape index (κ3) is 2.49. The van der Waals surface area contributed by atoms with E-state index in [0.29, 0.717) is 17.0 Å². The Bertz CT molecular complexity index is 905. The highest BCUT2D eigenvalue weighted by Crippen LogP contribution is 2.35. The molecule has 1 amide bonds. The van der Waals surface area contributed by atoms with Gasteiger partial charge in [0.25, 0.3) is 15.9 Å². The summed E-state index contributed by atoms with van der Waals surface area (Å²) >= 11 is 0. The Hall–Kier alpha value is -2.67. The van der Waals surface area contributed by atoms with Gasteiger partial charge in [0, 0.05) is 18.8 Å². The summed E-state index contributed by atoms with van der Waals surface area (Å²) in [6.45, 7) is 1.73. The normalized spacial score (nSPS) is 16.0. The van der Waals surface area contributed by atoms with Gasteiger partial charge in [0.05, 0.1) is 4.90 Å². The molecule has 0 radical (unpaired) electrons. The molecule has 118 valence electrons. The van der Waals surface area contributed by atoms with Gasteiger partial charge in [-0.25, -0.2) is 13.4 Å². The molecular weight excluding hydrogens is 314 g/mol. The van der Waals surface area contributed by atoms with E-state index in [4.69, 9.17) is 0 Å². The lowest BCUT2D eigenvalue weighted by Crippen LogP contribution is -2.36. The summed E-state index contributed by atoms with van der Waals surface area (Å²) in [5.74, 6) is -0.149. The van der Waals surface area contributed by atoms with Gasteiger partial charge in [0.1, 0.15) is 11.5 Å². The number of allylic oxidation sites excluding steroid dienone is 1. The fourth-order valence-electron chi connectivity index (χ4n) is 2.56. The Morgan fingerprint density at radius 2 is 1.83 bits per heavy atom. The lowest BCUT2D eigenvalue weighted by Gasteiger charge is -2.29. The Balaban J connectivity index is 2.09. The summed E-state index contributed by atoms with van der Waals surface area (Å²) in [5, 5.41) is 2.63. The van der Waals surface area contributed by atoms with Gasteiger partial charge < -0.3 is 5.32 Å². The topological polar surface area (TPSA) is 79.4 Å². The van der Waals surface area contributed by atoms with Crippen LogP contribution in [0, 0.1) is 0 Å². The standard InChI is InChI=1S/C16H15N3O3S/c1-11-12-7-3-4-8-13(12)23(21,22)19(2)15(11)16(20)18-14-9-5-6-10-17-14/h3-10H,1-2H3,(H,17,18,20). The van der Waals surface area contributed by atoms with Crippen LogP contribution in [0.2, 0.25) is 0 Å². The molecule has 0 saturated carbocycles. The Kier molecular flexibility index (Phi) is 3.65. The van der Waals surface area contributed by atoms with Crippen LogP contribution in [0.25, 0.3) is 5.57 Å². The van der Waals surface area contributed by atoms with Crippen LogP contribution in [0.3, 0.4) is 0 Å². The van der Waals surface area contributed by atoms with Gasteiger partial charge in [0.15, 0.2) is 0 Å². The van der Waals surface area contributed by atoms with Crippen molar-refractivity contribution >= 4 is 27.3 Å². The highest BCUT2D eigenvalue weighted by Gasteiger charge is 2.35. The van der Waals surface area contributed by atoms with Gasteiger partial charge in [-0.2, -0.15) is 0 Å². The van der Waals surface area contributed by atoms with E-state index in [0.717, 1.165) is 4.31 Å². The largest absolute Gasteiger partial charge is 0.305 e. The number of nitrogens with one attached hydrogen (secondary N) is 1. The van der Waals surface area contributed by atoms with Crippen molar-refractivity contribution in [2.45, 2.75) is 11.8 Å². The maximum Gasteiger partial charge on any atom is 0.274 e. The Morgan fingerprint density at radius 1 is 1.13 bits per heavy atom. The second-order valence-corrected chi connectivity index (χ2v) is 7.05. The monoisotopic (exact) mass is 329 g/mol. The van der Waals surface area contributed by atoms with Crippen molar-refractivity contribution in [3.05, 3.63) is 59.9 Å². The molecule has 7 heteroatoms. The smallest absolute Gasteiger partial charge is 0.274 e. The Morgan fingerprint density at radius 3 is 2.52 bits per heavy atom. The van der Waals surface area contributed by atoms with E-state index in [1.165, 1.54) is 13.1 Å². The second kappa shape index (κ2) is 5.51. The van der Waals surface area contributed by atoms with Crippen LogP contribution < -0.4 is 5.32 Å². The zero-order chi connectivity index (χ0) is 16.6. The van der Waals surface area contributed by atoms with Gasteiger partial charge in [-0.3, -0.25) is 9.10 Å². The van der Waals surface area contributed by atoms with Gasteiger partial charge in [-0.1, -0.05) is 24.3 Å². The van der Waals surface area contributed by atoms with Crippen LogP contribution >= 0.6 is 0 Å². The first-order valence-corrected chi connectivity index (χ1v) is 8.38. The molecule has 6 nitrogen and oxygen atoms in total. The minimum atomic E-state index is -3.75. The number of hydrogen-bond acceptors (Lipinski definition) is 4. The molecule has 3 rings (SSSR count). The number of anilines is 1. The quantitative estimate of drug-likeness (QED) is 0.915. The number of pyridine rings is 1. The van der Waals surface area contributed by atoms with Gasteiger partial charge in [-0.05, 0) is 30.7 Å². The number of sulfonamides is 1. The summed E-state index contributed by atoms with van der Waals surface area (Å²) in [7, 11) is -2.37. The average molecular weight is 329 g/mol. The first-order chi connectivity index (χ1) is 10.9. The number of rotatable bonds is 2. The van der Waals surface area contributed by atoms with E-state index in [1.54, 1.807) is 49.5 Å². The van der Waals surface area contributed by atoms with E-state index in [2.05, 4.69) is 10.3 Å². The van der Waals surface area contributed by atoms with Crippen LogP contribution in [0.4, 0.5) is 5.82 Å². The zero-order valence-corrected chi connectivity index (χ0v) is 13.5. The van der Waals surface area contributed by atoms with Crippen molar-refractivity contribution in [2.24, 2.45) is 0 Å². The van der Waals surface area contributed by atoms with Crippen molar-refractivity contribution in [1.29, 1.82) is 0 Å². The van der Waals surface area contributed by atoms with Crippen molar-refractivity contribution in [2.75, 3.05) is 12.4 Å².